The van der Waals surface area contributed by atoms with Crippen LogP contribution in [-0.2, 0) is 9.59 Å². The Kier molecular flexibility index (Phi) is 5.34. The first-order valence-corrected chi connectivity index (χ1v) is 7.22. The van der Waals surface area contributed by atoms with E-state index in [1.165, 1.54) is 6.07 Å². The van der Waals surface area contributed by atoms with Crippen molar-refractivity contribution in [2.75, 3.05) is 10.6 Å². The van der Waals surface area contributed by atoms with E-state index in [9.17, 15) is 9.59 Å². The Labute approximate surface area is 138 Å². The minimum Gasteiger partial charge on any atom is -0.326 e. The van der Waals surface area contributed by atoms with E-state index in [2.05, 4.69) is 10.6 Å². The van der Waals surface area contributed by atoms with Crippen LogP contribution in [0, 0.1) is 18.3 Å². The second kappa shape index (κ2) is 7.43. The van der Waals surface area contributed by atoms with Crippen LogP contribution in [0.3, 0.4) is 0 Å². The molecule has 0 spiro atoms. The van der Waals surface area contributed by atoms with E-state index in [0.29, 0.717) is 22.0 Å². The Balaban J connectivity index is 1.93. The first-order valence-electron chi connectivity index (χ1n) is 6.84. The predicted octanol–water partition coefficient (Wildman–Crippen LogP) is 3.49. The number of hydrogen-bond acceptors (Lipinski definition) is 3. The van der Waals surface area contributed by atoms with Gasteiger partial charge in [0.15, 0.2) is 0 Å². The number of nitrogens with zero attached hydrogens (tertiary/aromatic N) is 1. The molecule has 2 aromatic rings. The lowest BCUT2D eigenvalue weighted by Crippen LogP contribution is -2.21. The van der Waals surface area contributed by atoms with Crippen molar-refractivity contribution in [1.29, 1.82) is 5.26 Å². The smallest absolute Gasteiger partial charge is 0.233 e. The highest BCUT2D eigenvalue weighted by Crippen LogP contribution is 2.20. The average Bonchev–Trinajstić information content (AvgIpc) is 2.51. The predicted molar refractivity (Wildman–Crippen MR) is 89.2 cm³/mol. The Morgan fingerprint density at radius 1 is 1.09 bits per heavy atom. The molecule has 5 nitrogen and oxygen atoms in total. The van der Waals surface area contributed by atoms with Crippen LogP contribution in [0.25, 0.3) is 0 Å². The number of carbonyl (C=O) groups excluding carboxylic acids is 2. The number of hydrogen-bond donors (Lipinski definition) is 2. The van der Waals surface area contributed by atoms with Crippen LogP contribution in [0.2, 0.25) is 5.02 Å². The second-order valence-corrected chi connectivity index (χ2v) is 5.34. The summed E-state index contributed by atoms with van der Waals surface area (Å²) in [5, 5.41) is 14.5. The molecule has 23 heavy (non-hydrogen) atoms. The summed E-state index contributed by atoms with van der Waals surface area (Å²) in [4.78, 5) is 23.7. The molecule has 2 aromatic carbocycles. The number of rotatable bonds is 4. The van der Waals surface area contributed by atoms with E-state index in [1.807, 2.05) is 13.0 Å². The number of nitriles is 1. The van der Waals surface area contributed by atoms with Crippen molar-refractivity contribution < 1.29 is 9.59 Å². The van der Waals surface area contributed by atoms with E-state index < -0.39 is 11.8 Å². The molecule has 2 rings (SSSR count). The molecule has 116 valence electrons. The highest BCUT2D eigenvalue weighted by Gasteiger charge is 2.11. The Morgan fingerprint density at radius 2 is 1.74 bits per heavy atom. The minimum absolute atomic E-state index is 0.331. The van der Waals surface area contributed by atoms with Gasteiger partial charge in [-0.2, -0.15) is 5.26 Å². The average molecular weight is 328 g/mol. The number of benzene rings is 2. The molecule has 0 aromatic heterocycles. The van der Waals surface area contributed by atoms with Gasteiger partial charge >= 0.3 is 0 Å². The van der Waals surface area contributed by atoms with Crippen LogP contribution < -0.4 is 10.6 Å². The lowest BCUT2D eigenvalue weighted by molar-refractivity contribution is -0.123. The van der Waals surface area contributed by atoms with Crippen LogP contribution >= 0.6 is 11.6 Å². The summed E-state index contributed by atoms with van der Waals surface area (Å²) in [7, 11) is 0. The summed E-state index contributed by atoms with van der Waals surface area (Å²) in [6.07, 6.45) is -0.331. The van der Waals surface area contributed by atoms with Crippen LogP contribution in [-0.4, -0.2) is 11.8 Å². The molecule has 0 heterocycles. The number of aryl methyl sites for hydroxylation is 1. The zero-order valence-corrected chi connectivity index (χ0v) is 13.1. The van der Waals surface area contributed by atoms with E-state index >= 15 is 0 Å². The summed E-state index contributed by atoms with van der Waals surface area (Å²) >= 11 is 5.98. The molecule has 0 aliphatic heterocycles. The number of carbonyl (C=O) groups is 2. The maximum absolute atomic E-state index is 11.9. The molecule has 2 N–H and O–H groups in total. The van der Waals surface area contributed by atoms with E-state index in [0.717, 1.165) is 5.56 Å². The van der Waals surface area contributed by atoms with Crippen molar-refractivity contribution in [3.8, 4) is 6.07 Å². The third-order valence-electron chi connectivity index (χ3n) is 3.05. The van der Waals surface area contributed by atoms with Crippen molar-refractivity contribution in [2.24, 2.45) is 0 Å². The molecule has 0 fully saturated rings. The van der Waals surface area contributed by atoms with E-state index in [4.69, 9.17) is 16.9 Å². The lowest BCUT2D eigenvalue weighted by atomic mass is 10.2. The Morgan fingerprint density at radius 3 is 2.35 bits per heavy atom. The SMILES string of the molecule is Cc1ccc(NC(=O)CC(=O)Nc2cccc(C#N)c2)cc1Cl. The highest BCUT2D eigenvalue weighted by molar-refractivity contribution is 6.31. The van der Waals surface area contributed by atoms with Gasteiger partial charge < -0.3 is 10.6 Å². The maximum Gasteiger partial charge on any atom is 0.233 e. The van der Waals surface area contributed by atoms with Gasteiger partial charge in [0.25, 0.3) is 0 Å². The van der Waals surface area contributed by atoms with E-state index in [1.54, 1.807) is 36.4 Å². The first kappa shape index (κ1) is 16.5. The zero-order valence-electron chi connectivity index (χ0n) is 12.4. The highest BCUT2D eigenvalue weighted by atomic mass is 35.5. The third-order valence-corrected chi connectivity index (χ3v) is 3.46. The molecule has 0 unspecified atom stereocenters. The van der Waals surface area contributed by atoms with Gasteiger partial charge in [-0.05, 0) is 42.8 Å². The molecule has 0 radical (unpaired) electrons. The summed E-state index contributed by atoms with van der Waals surface area (Å²) in [6.45, 7) is 1.86. The van der Waals surface area contributed by atoms with Crippen molar-refractivity contribution in [3.63, 3.8) is 0 Å². The maximum atomic E-state index is 11.9. The third kappa shape index (κ3) is 4.83. The second-order valence-electron chi connectivity index (χ2n) is 4.93. The monoisotopic (exact) mass is 327 g/mol. The number of halogens is 1. The first-order chi connectivity index (χ1) is 11.0. The summed E-state index contributed by atoms with van der Waals surface area (Å²) < 4.78 is 0. The van der Waals surface area contributed by atoms with Crippen molar-refractivity contribution >= 4 is 34.8 Å². The van der Waals surface area contributed by atoms with Gasteiger partial charge in [-0.1, -0.05) is 23.7 Å². The van der Waals surface area contributed by atoms with Crippen LogP contribution in [0.15, 0.2) is 42.5 Å². The lowest BCUT2D eigenvalue weighted by Gasteiger charge is -2.08. The fraction of sp³-hybridized carbons (Fsp3) is 0.118. The molecule has 2 amide bonds. The molecule has 0 atom stereocenters. The largest absolute Gasteiger partial charge is 0.326 e. The molecular formula is C17H14ClN3O2. The van der Waals surface area contributed by atoms with Crippen LogP contribution in [0.1, 0.15) is 17.5 Å². The van der Waals surface area contributed by atoms with Crippen molar-refractivity contribution in [3.05, 3.63) is 58.6 Å². The normalized spacial score (nSPS) is 9.78. The Bertz CT molecular complexity index is 797. The van der Waals surface area contributed by atoms with Crippen LogP contribution in [0.5, 0.6) is 0 Å². The van der Waals surface area contributed by atoms with Gasteiger partial charge in [-0.25, -0.2) is 0 Å². The Hall–Kier alpha value is -2.84. The summed E-state index contributed by atoms with van der Waals surface area (Å²) in [5.74, 6) is -0.908. The minimum atomic E-state index is -0.462. The van der Waals surface area contributed by atoms with Crippen LogP contribution in [0.4, 0.5) is 11.4 Å². The molecule has 0 aliphatic carbocycles. The molecule has 0 aliphatic rings. The van der Waals surface area contributed by atoms with Gasteiger partial charge in [0.2, 0.25) is 11.8 Å². The van der Waals surface area contributed by atoms with Gasteiger partial charge in [0.1, 0.15) is 6.42 Å². The van der Waals surface area contributed by atoms with Gasteiger partial charge in [0, 0.05) is 16.4 Å². The summed E-state index contributed by atoms with van der Waals surface area (Å²) in [5.41, 5.74) is 2.34. The van der Waals surface area contributed by atoms with Crippen molar-refractivity contribution in [1.82, 2.24) is 0 Å². The molecule has 0 saturated carbocycles. The number of anilines is 2. The zero-order chi connectivity index (χ0) is 16.8. The number of nitrogens with one attached hydrogen (secondary N) is 2. The topological polar surface area (TPSA) is 82.0 Å². The van der Waals surface area contributed by atoms with Gasteiger partial charge in [-0.3, -0.25) is 9.59 Å². The van der Waals surface area contributed by atoms with Crippen molar-refractivity contribution in [2.45, 2.75) is 13.3 Å². The molecular weight excluding hydrogens is 314 g/mol. The molecule has 6 heteroatoms. The van der Waals surface area contributed by atoms with Gasteiger partial charge in [-0.15, -0.1) is 0 Å². The summed E-state index contributed by atoms with van der Waals surface area (Å²) in [6, 6.07) is 13.6. The number of amides is 2. The quantitative estimate of drug-likeness (QED) is 0.843. The van der Waals surface area contributed by atoms with E-state index in [-0.39, 0.29) is 6.42 Å². The van der Waals surface area contributed by atoms with Gasteiger partial charge in [0.05, 0.1) is 11.6 Å². The fourth-order valence-corrected chi connectivity index (χ4v) is 2.07. The molecule has 0 saturated heterocycles. The fourth-order valence-electron chi connectivity index (χ4n) is 1.89. The molecule has 0 bridgehead atoms. The standard InChI is InChI=1S/C17H14ClN3O2/c1-11-5-6-14(8-15(11)18)21-17(23)9-16(22)20-13-4-2-3-12(7-13)10-19/h2-8H,9H2,1H3,(H,20,22)(H,21,23).